The highest BCUT2D eigenvalue weighted by molar-refractivity contribution is 7.98. The molecule has 13 heteroatoms. The van der Waals surface area contributed by atoms with Crippen molar-refractivity contribution in [1.82, 2.24) is 15.1 Å². The van der Waals surface area contributed by atoms with Gasteiger partial charge in [0.1, 0.15) is 17.3 Å². The smallest absolute Gasteiger partial charge is 0.490 e. The first kappa shape index (κ1) is 29.9. The maximum absolute atomic E-state index is 12.9. The van der Waals surface area contributed by atoms with Gasteiger partial charge < -0.3 is 23.9 Å². The molecule has 1 heterocycles. The Bertz CT molecular complexity index is 1080. The Morgan fingerprint density at radius 3 is 2.14 bits per heavy atom. The molecule has 0 atom stereocenters. The Kier molecular flexibility index (Phi) is 12.2. The molecule has 0 aliphatic rings. The van der Waals surface area contributed by atoms with Crippen LogP contribution in [0.5, 0.6) is 11.5 Å². The van der Waals surface area contributed by atoms with Crippen LogP contribution in [0.4, 0.5) is 17.6 Å². The van der Waals surface area contributed by atoms with Crippen molar-refractivity contribution in [2.24, 2.45) is 0 Å². The molecule has 8 nitrogen and oxygen atoms in total. The van der Waals surface area contributed by atoms with Crippen molar-refractivity contribution in [2.45, 2.75) is 18.3 Å². The van der Waals surface area contributed by atoms with E-state index in [0.29, 0.717) is 36.5 Å². The molecule has 0 amide bonds. The molecule has 0 unspecified atom stereocenters. The van der Waals surface area contributed by atoms with E-state index >= 15 is 0 Å². The van der Waals surface area contributed by atoms with E-state index in [-0.39, 0.29) is 5.82 Å². The molecule has 0 saturated carbocycles. The Morgan fingerprint density at radius 2 is 1.57 bits per heavy atom. The second-order valence-electron chi connectivity index (χ2n) is 7.69. The van der Waals surface area contributed by atoms with Crippen molar-refractivity contribution in [3.63, 3.8) is 0 Å². The van der Waals surface area contributed by atoms with Crippen molar-refractivity contribution in [2.75, 3.05) is 39.6 Å². The van der Waals surface area contributed by atoms with E-state index in [4.69, 9.17) is 23.8 Å². The number of alkyl halides is 3. The van der Waals surface area contributed by atoms with Crippen LogP contribution in [-0.4, -0.2) is 72.0 Å². The van der Waals surface area contributed by atoms with Crippen LogP contribution in [0.15, 0.2) is 52.9 Å². The highest BCUT2D eigenvalue weighted by atomic mass is 32.2. The van der Waals surface area contributed by atoms with Crippen LogP contribution in [0.25, 0.3) is 11.5 Å². The number of aromatic nitrogens is 2. The molecule has 202 valence electrons. The van der Waals surface area contributed by atoms with Gasteiger partial charge in [-0.15, -0.1) is 22.0 Å². The summed E-state index contributed by atoms with van der Waals surface area (Å²) in [5, 5.41) is 15.3. The maximum Gasteiger partial charge on any atom is 0.490 e. The molecule has 1 aromatic heterocycles. The zero-order valence-electron chi connectivity index (χ0n) is 20.2. The number of halogens is 4. The normalized spacial score (nSPS) is 11.1. The fourth-order valence-electron chi connectivity index (χ4n) is 2.60. The predicted octanol–water partition coefficient (Wildman–Crippen LogP) is 5.15. The van der Waals surface area contributed by atoms with Crippen LogP contribution >= 0.6 is 11.8 Å². The Morgan fingerprint density at radius 1 is 1.00 bits per heavy atom. The lowest BCUT2D eigenvalue weighted by Gasteiger charge is -2.10. The van der Waals surface area contributed by atoms with Crippen LogP contribution in [0.3, 0.4) is 0 Å². The standard InChI is InChI=1S/C22H26FN3O3S.C2HF3O2/c1-26(2)12-3-13-27-19-8-4-17(5-9-19)22-25-24-21(29-22)16-30-15-14-28-20-10-6-18(23)7-11-20;3-2(4,5)1(6)7/h4-11H,3,12-16H2,1-2H3;(H,6,7). The third-order valence-electron chi connectivity index (χ3n) is 4.36. The zero-order valence-corrected chi connectivity index (χ0v) is 21.0. The van der Waals surface area contributed by atoms with E-state index in [9.17, 15) is 17.6 Å². The van der Waals surface area contributed by atoms with Gasteiger partial charge in [-0.3, -0.25) is 0 Å². The number of rotatable bonds is 12. The van der Waals surface area contributed by atoms with Crippen LogP contribution in [-0.2, 0) is 10.5 Å². The summed E-state index contributed by atoms with van der Waals surface area (Å²) in [6.07, 6.45) is -4.10. The molecule has 0 aliphatic heterocycles. The zero-order chi connectivity index (χ0) is 27.3. The maximum atomic E-state index is 12.9. The summed E-state index contributed by atoms with van der Waals surface area (Å²) in [6, 6.07) is 13.7. The third kappa shape index (κ3) is 12.0. The molecule has 1 N–H and O–H groups in total. The van der Waals surface area contributed by atoms with E-state index < -0.39 is 12.1 Å². The number of carboxylic acids is 1. The van der Waals surface area contributed by atoms with Crippen molar-refractivity contribution >= 4 is 17.7 Å². The molecule has 0 fully saturated rings. The number of nitrogens with zero attached hydrogens (tertiary/aromatic N) is 3. The molecular formula is C24H27F4N3O5S. The Balaban J connectivity index is 0.000000604. The molecule has 3 rings (SSSR count). The summed E-state index contributed by atoms with van der Waals surface area (Å²) < 4.78 is 61.6. The summed E-state index contributed by atoms with van der Waals surface area (Å²) in [5.74, 6) is 0.879. The van der Waals surface area contributed by atoms with E-state index in [1.54, 1.807) is 23.9 Å². The number of hydrogen-bond acceptors (Lipinski definition) is 8. The first-order valence-corrected chi connectivity index (χ1v) is 12.2. The average Bonchev–Trinajstić information content (AvgIpc) is 3.32. The SMILES string of the molecule is CN(C)CCCOc1ccc(-c2nnc(CSCCOc3ccc(F)cc3)o2)cc1.O=C(O)C(F)(F)F. The van der Waals surface area contributed by atoms with E-state index in [1.807, 2.05) is 38.4 Å². The number of carbonyl (C=O) groups is 1. The first-order valence-electron chi connectivity index (χ1n) is 11.0. The van der Waals surface area contributed by atoms with Crippen LogP contribution < -0.4 is 9.47 Å². The second kappa shape index (κ2) is 15.1. The lowest BCUT2D eigenvalue weighted by molar-refractivity contribution is -0.192. The van der Waals surface area contributed by atoms with Gasteiger partial charge in [-0.2, -0.15) is 13.2 Å². The van der Waals surface area contributed by atoms with Crippen molar-refractivity contribution < 1.29 is 41.4 Å². The number of ether oxygens (including phenoxy) is 2. The second-order valence-corrected chi connectivity index (χ2v) is 8.79. The van der Waals surface area contributed by atoms with Gasteiger partial charge in [0.15, 0.2) is 0 Å². The Hall–Kier alpha value is -3.32. The molecule has 0 bridgehead atoms. The molecular weight excluding hydrogens is 518 g/mol. The fraction of sp³-hybridized carbons (Fsp3) is 0.375. The van der Waals surface area contributed by atoms with Crippen LogP contribution in [0.2, 0.25) is 0 Å². The van der Waals surface area contributed by atoms with Gasteiger partial charge in [0, 0.05) is 17.9 Å². The molecule has 0 spiro atoms. The summed E-state index contributed by atoms with van der Waals surface area (Å²) >= 11 is 1.63. The van der Waals surface area contributed by atoms with Gasteiger partial charge in [0.2, 0.25) is 11.8 Å². The van der Waals surface area contributed by atoms with Crippen molar-refractivity contribution in [3.8, 4) is 23.0 Å². The minimum atomic E-state index is -5.08. The Labute approximate surface area is 215 Å². The molecule has 0 saturated heterocycles. The molecule has 37 heavy (non-hydrogen) atoms. The molecule has 2 aromatic carbocycles. The summed E-state index contributed by atoms with van der Waals surface area (Å²) in [6.45, 7) is 2.21. The quantitative estimate of drug-likeness (QED) is 0.245. The summed E-state index contributed by atoms with van der Waals surface area (Å²) in [7, 11) is 4.10. The average molecular weight is 546 g/mol. The van der Waals surface area contributed by atoms with Gasteiger partial charge in [0.25, 0.3) is 0 Å². The third-order valence-corrected chi connectivity index (χ3v) is 5.27. The number of hydrogen-bond donors (Lipinski definition) is 1. The molecule has 3 aromatic rings. The fourth-order valence-corrected chi connectivity index (χ4v) is 3.24. The lowest BCUT2D eigenvalue weighted by atomic mass is 10.2. The minimum absolute atomic E-state index is 0.272. The number of benzene rings is 2. The largest absolute Gasteiger partial charge is 0.494 e. The summed E-state index contributed by atoms with van der Waals surface area (Å²) in [4.78, 5) is 11.0. The molecule has 0 radical (unpaired) electrons. The summed E-state index contributed by atoms with van der Waals surface area (Å²) in [5.41, 5.74) is 0.860. The van der Waals surface area contributed by atoms with E-state index in [0.717, 1.165) is 30.0 Å². The number of aliphatic carboxylic acids is 1. The number of thioether (sulfide) groups is 1. The van der Waals surface area contributed by atoms with Gasteiger partial charge >= 0.3 is 12.1 Å². The van der Waals surface area contributed by atoms with E-state index in [2.05, 4.69) is 15.1 Å². The monoisotopic (exact) mass is 545 g/mol. The van der Waals surface area contributed by atoms with Crippen LogP contribution in [0.1, 0.15) is 12.3 Å². The highest BCUT2D eigenvalue weighted by Crippen LogP contribution is 2.23. The van der Waals surface area contributed by atoms with Gasteiger partial charge in [-0.25, -0.2) is 9.18 Å². The minimum Gasteiger partial charge on any atom is -0.494 e. The van der Waals surface area contributed by atoms with Crippen molar-refractivity contribution in [3.05, 3.63) is 60.2 Å². The highest BCUT2D eigenvalue weighted by Gasteiger charge is 2.38. The van der Waals surface area contributed by atoms with Crippen molar-refractivity contribution in [1.29, 1.82) is 0 Å². The lowest BCUT2D eigenvalue weighted by Crippen LogP contribution is -2.21. The van der Waals surface area contributed by atoms with Gasteiger partial charge in [0.05, 0.1) is 19.0 Å². The van der Waals surface area contributed by atoms with Gasteiger partial charge in [-0.05, 0) is 69.0 Å². The first-order chi connectivity index (χ1) is 17.5. The topological polar surface area (TPSA) is 97.9 Å². The van der Waals surface area contributed by atoms with Crippen LogP contribution in [0, 0.1) is 5.82 Å². The molecule has 0 aliphatic carbocycles. The number of carboxylic acid groups (broad SMARTS) is 1. The van der Waals surface area contributed by atoms with E-state index in [1.165, 1.54) is 12.1 Å². The van der Waals surface area contributed by atoms with Gasteiger partial charge in [-0.1, -0.05) is 0 Å². The predicted molar refractivity (Wildman–Crippen MR) is 130 cm³/mol.